The maximum absolute atomic E-state index is 13.5. The molecule has 2 saturated heterocycles. The van der Waals surface area contributed by atoms with Crippen molar-refractivity contribution in [1.29, 1.82) is 0 Å². The second-order valence-electron chi connectivity index (χ2n) is 11.0. The minimum absolute atomic E-state index is 0.0856. The highest BCUT2D eigenvalue weighted by Crippen LogP contribution is 2.47. The molecule has 200 valence electrons. The highest BCUT2D eigenvalue weighted by Gasteiger charge is 2.56. The number of unbranched alkanes of at least 4 members (excludes halogenated alkanes) is 4. The third-order valence-corrected chi connectivity index (χ3v) is 8.55. The Bertz CT molecular complexity index is 1300. The van der Waals surface area contributed by atoms with E-state index in [2.05, 4.69) is 23.8 Å². The van der Waals surface area contributed by atoms with E-state index in [-0.39, 0.29) is 23.6 Å². The number of nitrogens with one attached hydrogen (secondary N) is 2. The van der Waals surface area contributed by atoms with Crippen LogP contribution in [0.4, 0.5) is 11.4 Å². The van der Waals surface area contributed by atoms with E-state index < -0.39 is 11.1 Å². The second-order valence-corrected chi connectivity index (χ2v) is 11.0. The Hall–Kier alpha value is -4.20. The number of carbonyl (C=O) groups is 4. The van der Waals surface area contributed by atoms with Crippen LogP contribution in [-0.2, 0) is 30.3 Å². The minimum Gasteiger partial charge on any atom is -0.334 e. The molecule has 2 aromatic carbocycles. The first-order valence-corrected chi connectivity index (χ1v) is 13.6. The van der Waals surface area contributed by atoms with Gasteiger partial charge in [-0.2, -0.15) is 0 Å². The van der Waals surface area contributed by atoms with Gasteiger partial charge in [0.15, 0.2) is 11.1 Å². The topological polar surface area (TPSA) is 98.8 Å². The van der Waals surface area contributed by atoms with Crippen LogP contribution in [0.25, 0.3) is 0 Å². The number of fused-ring (bicyclic) bond motifs is 4. The molecule has 6 rings (SSSR count). The fraction of sp³-hybridized carbons (Fsp3) is 0.355. The van der Waals surface area contributed by atoms with Crippen LogP contribution in [0.3, 0.4) is 0 Å². The molecule has 0 saturated carbocycles. The summed E-state index contributed by atoms with van der Waals surface area (Å²) >= 11 is 0. The van der Waals surface area contributed by atoms with Crippen LogP contribution in [0.1, 0.15) is 56.1 Å². The van der Waals surface area contributed by atoms with E-state index in [9.17, 15) is 19.2 Å². The molecular formula is C31H32N4O4. The SMILES string of the molecule is C=C1CC2(NC1=O)C(=O)N(CCCCCCCN1C(=O)C3(CC(=C)C(=O)N3)c3ccccc31)c1ccccc12. The largest absolute Gasteiger partial charge is 0.334 e. The Morgan fingerprint density at radius 1 is 0.615 bits per heavy atom. The fourth-order valence-corrected chi connectivity index (χ4v) is 6.60. The maximum atomic E-state index is 13.5. The number of hydrogen-bond donors (Lipinski definition) is 2. The van der Waals surface area contributed by atoms with Gasteiger partial charge in [-0.05, 0) is 25.0 Å². The van der Waals surface area contributed by atoms with Crippen LogP contribution in [0, 0.1) is 0 Å². The lowest BCUT2D eigenvalue weighted by Gasteiger charge is -2.24. The van der Waals surface area contributed by atoms with E-state index in [4.69, 9.17) is 0 Å². The molecule has 4 heterocycles. The smallest absolute Gasteiger partial charge is 0.257 e. The Balaban J connectivity index is 1.02. The van der Waals surface area contributed by atoms with Gasteiger partial charge in [0.1, 0.15) is 0 Å². The normalized spacial score (nSPS) is 25.2. The summed E-state index contributed by atoms with van der Waals surface area (Å²) in [6.45, 7) is 8.84. The van der Waals surface area contributed by atoms with E-state index in [0.29, 0.717) is 37.1 Å². The molecule has 39 heavy (non-hydrogen) atoms. The molecule has 0 aliphatic carbocycles. The van der Waals surface area contributed by atoms with Crippen LogP contribution in [0.15, 0.2) is 72.8 Å². The van der Waals surface area contributed by atoms with Gasteiger partial charge in [0, 0.05) is 59.6 Å². The third kappa shape index (κ3) is 3.72. The molecule has 0 aromatic heterocycles. The van der Waals surface area contributed by atoms with Gasteiger partial charge in [-0.15, -0.1) is 0 Å². The average Bonchev–Trinajstić information content (AvgIpc) is 3.56. The van der Waals surface area contributed by atoms with E-state index >= 15 is 0 Å². The summed E-state index contributed by atoms with van der Waals surface area (Å²) in [6, 6.07) is 15.3. The van der Waals surface area contributed by atoms with E-state index in [1.54, 1.807) is 9.80 Å². The predicted molar refractivity (Wildman–Crippen MR) is 148 cm³/mol. The highest BCUT2D eigenvalue weighted by atomic mass is 16.2. The molecule has 0 bridgehead atoms. The lowest BCUT2D eigenvalue weighted by Crippen LogP contribution is -2.48. The molecular weight excluding hydrogens is 492 g/mol. The summed E-state index contributed by atoms with van der Waals surface area (Å²) in [4.78, 5) is 55.0. The van der Waals surface area contributed by atoms with E-state index in [0.717, 1.165) is 54.6 Å². The number of rotatable bonds is 8. The Morgan fingerprint density at radius 3 is 1.38 bits per heavy atom. The summed E-state index contributed by atoms with van der Waals surface area (Å²) in [5, 5.41) is 5.81. The van der Waals surface area contributed by atoms with Crippen molar-refractivity contribution in [1.82, 2.24) is 10.6 Å². The van der Waals surface area contributed by atoms with Crippen molar-refractivity contribution in [3.63, 3.8) is 0 Å². The summed E-state index contributed by atoms with van der Waals surface area (Å²) in [7, 11) is 0. The Morgan fingerprint density at radius 2 is 1.00 bits per heavy atom. The van der Waals surface area contributed by atoms with Crippen LogP contribution < -0.4 is 20.4 Å². The van der Waals surface area contributed by atoms with Gasteiger partial charge in [0.25, 0.3) is 11.8 Å². The van der Waals surface area contributed by atoms with Gasteiger partial charge in [-0.1, -0.05) is 68.8 Å². The minimum atomic E-state index is -1.02. The molecule has 2 fully saturated rings. The number of nitrogens with zero attached hydrogens (tertiary/aromatic N) is 2. The van der Waals surface area contributed by atoms with Gasteiger partial charge < -0.3 is 20.4 Å². The monoisotopic (exact) mass is 524 g/mol. The number of para-hydroxylation sites is 2. The van der Waals surface area contributed by atoms with Crippen molar-refractivity contribution in [2.24, 2.45) is 0 Å². The molecule has 8 nitrogen and oxygen atoms in total. The quantitative estimate of drug-likeness (QED) is 0.407. The zero-order valence-corrected chi connectivity index (χ0v) is 21.9. The van der Waals surface area contributed by atoms with Gasteiger partial charge in [0.2, 0.25) is 11.8 Å². The summed E-state index contributed by atoms with van der Waals surface area (Å²) in [5.74, 6) is -0.689. The predicted octanol–water partition coefficient (Wildman–Crippen LogP) is 3.57. The van der Waals surface area contributed by atoms with Crippen molar-refractivity contribution in [2.45, 2.75) is 56.0 Å². The standard InChI is InChI=1S/C31H32N4O4/c1-20-18-30(32-26(20)36)22-12-6-8-14-24(22)34(28(30)38)16-10-4-3-5-11-17-35-25-15-9-7-13-23(25)31(29(35)39)19-21(2)27(37)33-31/h6-9,12-15H,1-5,10-11,16-19H2,(H,32,36)(H,33,37). The summed E-state index contributed by atoms with van der Waals surface area (Å²) in [6.07, 6.45) is 5.15. The average molecular weight is 525 g/mol. The summed E-state index contributed by atoms with van der Waals surface area (Å²) < 4.78 is 0. The summed E-state index contributed by atoms with van der Waals surface area (Å²) in [5.41, 5.74) is 2.24. The molecule has 2 unspecified atom stereocenters. The van der Waals surface area contributed by atoms with Crippen molar-refractivity contribution < 1.29 is 19.2 Å². The van der Waals surface area contributed by atoms with Gasteiger partial charge in [0.05, 0.1) is 0 Å². The van der Waals surface area contributed by atoms with Gasteiger partial charge in [-0.3, -0.25) is 19.2 Å². The number of hydrogen-bond acceptors (Lipinski definition) is 4. The fourth-order valence-electron chi connectivity index (χ4n) is 6.60. The lowest BCUT2D eigenvalue weighted by atomic mass is 9.89. The lowest BCUT2D eigenvalue weighted by molar-refractivity contribution is -0.127. The van der Waals surface area contributed by atoms with Crippen molar-refractivity contribution >= 4 is 35.0 Å². The van der Waals surface area contributed by atoms with Crippen LogP contribution in [0.2, 0.25) is 0 Å². The van der Waals surface area contributed by atoms with Crippen molar-refractivity contribution in [2.75, 3.05) is 22.9 Å². The van der Waals surface area contributed by atoms with Crippen molar-refractivity contribution in [3.8, 4) is 0 Å². The number of anilines is 2. The second kappa shape index (κ2) is 9.22. The molecule has 4 amide bonds. The van der Waals surface area contributed by atoms with Crippen LogP contribution >= 0.6 is 0 Å². The highest BCUT2D eigenvalue weighted by molar-refractivity contribution is 6.14. The molecule has 4 aliphatic rings. The molecule has 2 atom stereocenters. The first-order chi connectivity index (χ1) is 18.8. The van der Waals surface area contributed by atoms with E-state index in [1.165, 1.54) is 0 Å². The van der Waals surface area contributed by atoms with Crippen molar-refractivity contribution in [3.05, 3.63) is 84.0 Å². The number of benzene rings is 2. The first kappa shape index (κ1) is 25.1. The van der Waals surface area contributed by atoms with Crippen LogP contribution in [-0.4, -0.2) is 36.7 Å². The molecule has 2 N–H and O–H groups in total. The van der Waals surface area contributed by atoms with Gasteiger partial charge >= 0.3 is 0 Å². The number of amides is 4. The molecule has 0 radical (unpaired) electrons. The third-order valence-electron chi connectivity index (χ3n) is 8.55. The maximum Gasteiger partial charge on any atom is 0.257 e. The zero-order valence-electron chi connectivity index (χ0n) is 21.9. The van der Waals surface area contributed by atoms with E-state index in [1.807, 2.05) is 48.5 Å². The number of carbonyl (C=O) groups excluding carboxylic acids is 4. The molecule has 2 aromatic rings. The Labute approximate surface area is 227 Å². The van der Waals surface area contributed by atoms with Crippen LogP contribution in [0.5, 0.6) is 0 Å². The zero-order chi connectivity index (χ0) is 27.4. The molecule has 4 aliphatic heterocycles. The van der Waals surface area contributed by atoms with Gasteiger partial charge in [-0.25, -0.2) is 0 Å². The Kier molecular flexibility index (Phi) is 5.93. The molecule has 2 spiro atoms. The first-order valence-electron chi connectivity index (χ1n) is 13.6. The molecule has 8 heteroatoms.